The van der Waals surface area contributed by atoms with Gasteiger partial charge in [-0.1, -0.05) is 135 Å². The van der Waals surface area contributed by atoms with E-state index in [9.17, 15) is 10.0 Å². The molecule has 2 heterocycles. The minimum absolute atomic E-state index is 0.159. The molecule has 2 aromatic heterocycles. The van der Waals surface area contributed by atoms with Gasteiger partial charge in [-0.2, -0.15) is 0 Å². The molecule has 0 saturated heterocycles. The topological polar surface area (TPSA) is 81.6 Å². The van der Waals surface area contributed by atoms with Gasteiger partial charge in [0.25, 0.3) is 0 Å². The van der Waals surface area contributed by atoms with Crippen molar-refractivity contribution in [1.29, 1.82) is 0 Å². The highest BCUT2D eigenvalue weighted by Crippen LogP contribution is 2.43. The summed E-state index contributed by atoms with van der Waals surface area (Å²) in [5.74, 6) is 1.62. The van der Waals surface area contributed by atoms with Crippen LogP contribution in [0.4, 0.5) is 0 Å². The number of rotatable bonds is 12. The molecule has 0 aliphatic heterocycles. The molecular formula is C44H39BBr2N2O5. The Balaban J connectivity index is 0.000000169. The lowest BCUT2D eigenvalue weighted by Gasteiger charge is -2.37. The normalized spacial score (nSPS) is 10.5. The third-order valence-electron chi connectivity index (χ3n) is 8.18. The summed E-state index contributed by atoms with van der Waals surface area (Å²) < 4.78 is 10.1. The van der Waals surface area contributed by atoms with Crippen LogP contribution in [0, 0.1) is 0 Å². The quantitative estimate of drug-likeness (QED) is 0.0546. The molecule has 272 valence electrons. The van der Waals surface area contributed by atoms with Crippen LogP contribution in [0.2, 0.25) is 0 Å². The van der Waals surface area contributed by atoms with Crippen LogP contribution < -0.4 is 29.2 Å². The summed E-state index contributed by atoms with van der Waals surface area (Å²) in [5, 5.41) is 21.4. The second-order valence-corrected chi connectivity index (χ2v) is 13.7. The van der Waals surface area contributed by atoms with Crippen molar-refractivity contribution in [1.82, 2.24) is 0 Å². The number of aromatic nitrogens is 2. The van der Waals surface area contributed by atoms with Crippen LogP contribution >= 0.6 is 31.9 Å². The third kappa shape index (κ3) is 12.5. The van der Waals surface area contributed by atoms with Gasteiger partial charge in [0, 0.05) is 54.7 Å². The van der Waals surface area contributed by atoms with Crippen molar-refractivity contribution in [2.45, 2.75) is 18.3 Å². The van der Waals surface area contributed by atoms with Crippen LogP contribution in [-0.2, 0) is 10.1 Å². The number of halogens is 2. The van der Waals surface area contributed by atoms with Crippen LogP contribution in [0.1, 0.15) is 29.5 Å². The SMILES string of the molecule is Brc1ccc(O[n+]2ccccc2)cc1.Brc1ccc(O[n+]2ccccc2)cc1.[O-]B([O-])OCCCC(c1ccccc1)(c1ccccc1)c1ccccc1. The second-order valence-electron chi connectivity index (χ2n) is 11.8. The summed E-state index contributed by atoms with van der Waals surface area (Å²) in [6, 6.07) is 58.0. The highest BCUT2D eigenvalue weighted by atomic mass is 79.9. The average molecular weight is 846 g/mol. The zero-order valence-corrected chi connectivity index (χ0v) is 32.6. The van der Waals surface area contributed by atoms with Crippen molar-refractivity contribution >= 4 is 39.2 Å². The van der Waals surface area contributed by atoms with Gasteiger partial charge in [0.2, 0.25) is 36.3 Å². The molecule has 10 heteroatoms. The predicted octanol–water partition coefficient (Wildman–Crippen LogP) is 7.68. The number of nitrogens with zero attached hydrogens (tertiary/aromatic N) is 2. The number of hydrogen-bond donors (Lipinski definition) is 0. The Morgan fingerprint density at radius 1 is 0.463 bits per heavy atom. The molecule has 0 saturated carbocycles. The van der Waals surface area contributed by atoms with Crippen molar-refractivity contribution in [3.05, 3.63) is 226 Å². The number of benzene rings is 5. The Kier molecular flexibility index (Phi) is 16.0. The fraction of sp³-hybridized carbons (Fsp3) is 0.0909. The summed E-state index contributed by atoms with van der Waals surface area (Å²) in [6.45, 7) is 0.159. The Labute approximate surface area is 334 Å². The van der Waals surface area contributed by atoms with Gasteiger partial charge in [0.05, 0.1) is 7.32 Å². The Morgan fingerprint density at radius 2 is 0.796 bits per heavy atom. The smallest absolute Gasteiger partial charge is 0.223 e. The maximum atomic E-state index is 10.7. The van der Waals surface area contributed by atoms with Crippen LogP contribution in [0.15, 0.2) is 210 Å². The molecule has 0 bridgehead atoms. The molecule has 54 heavy (non-hydrogen) atoms. The maximum absolute atomic E-state index is 10.7. The highest BCUT2D eigenvalue weighted by molar-refractivity contribution is 9.10. The van der Waals surface area contributed by atoms with Crippen LogP contribution in [0.25, 0.3) is 0 Å². The van der Waals surface area contributed by atoms with E-state index in [1.807, 2.05) is 164 Å². The zero-order chi connectivity index (χ0) is 37.9. The van der Waals surface area contributed by atoms with Gasteiger partial charge >= 0.3 is 0 Å². The fourth-order valence-corrected chi connectivity index (χ4v) is 6.27. The van der Waals surface area contributed by atoms with E-state index in [4.69, 9.17) is 14.3 Å². The van der Waals surface area contributed by atoms with Crippen molar-refractivity contribution < 1.29 is 33.8 Å². The zero-order valence-electron chi connectivity index (χ0n) is 29.4. The summed E-state index contributed by atoms with van der Waals surface area (Å²) in [7, 11) is -2.23. The maximum Gasteiger partial charge on any atom is 0.223 e. The minimum atomic E-state index is -2.23. The van der Waals surface area contributed by atoms with E-state index in [0.717, 1.165) is 26.9 Å². The number of hydrogen-bond acceptors (Lipinski definition) is 5. The molecular weight excluding hydrogens is 807 g/mol. The lowest BCUT2D eigenvalue weighted by molar-refractivity contribution is -0.875. The molecule has 0 atom stereocenters. The molecule has 0 N–H and O–H groups in total. The third-order valence-corrected chi connectivity index (χ3v) is 9.23. The Hall–Kier alpha value is -5.10. The van der Waals surface area contributed by atoms with Crippen LogP contribution in [0.3, 0.4) is 0 Å². The molecule has 7 aromatic rings. The van der Waals surface area contributed by atoms with Gasteiger partial charge in [-0.3, -0.25) is 0 Å². The van der Waals surface area contributed by atoms with Gasteiger partial charge in [-0.05, 0) is 78.1 Å². The minimum Gasteiger partial charge on any atom is -0.871 e. The van der Waals surface area contributed by atoms with E-state index >= 15 is 0 Å². The van der Waals surface area contributed by atoms with Gasteiger partial charge in [-0.25, -0.2) is 9.68 Å². The summed E-state index contributed by atoms with van der Waals surface area (Å²) in [5.41, 5.74) is 3.17. The molecule has 0 amide bonds. The highest BCUT2D eigenvalue weighted by Gasteiger charge is 2.35. The average Bonchev–Trinajstić information content (AvgIpc) is 3.22. The van der Waals surface area contributed by atoms with Crippen LogP contribution in [-0.4, -0.2) is 13.9 Å². The summed E-state index contributed by atoms with van der Waals surface area (Å²) in [6.07, 6.45) is 8.74. The molecule has 0 unspecified atom stereocenters. The molecule has 7 nitrogen and oxygen atoms in total. The standard InChI is InChI=1S/C22H21BO3.2C11H9BrNO/c24-23(25)26-18-10-17-22(19-11-4-1-5-12-19,20-13-6-2-7-14-20)21-15-8-3-9-16-21;2*12-10-4-6-11(7-5-10)14-13-8-2-1-3-9-13/h1-9,11-16H,10,17-18H2;2*1-9H/q-2;2*+1. The second kappa shape index (κ2) is 21.6. The Morgan fingerprint density at radius 3 is 1.13 bits per heavy atom. The lowest BCUT2D eigenvalue weighted by atomic mass is 9.67. The van der Waals surface area contributed by atoms with Gasteiger partial charge < -0.3 is 14.7 Å². The van der Waals surface area contributed by atoms with Gasteiger partial charge in [0.15, 0.2) is 0 Å². The molecule has 0 spiro atoms. The monoisotopic (exact) mass is 844 g/mol. The van der Waals surface area contributed by atoms with Gasteiger partial charge in [-0.15, -0.1) is 0 Å². The first kappa shape index (κ1) is 40.1. The van der Waals surface area contributed by atoms with Gasteiger partial charge in [0.1, 0.15) is 0 Å². The first-order valence-electron chi connectivity index (χ1n) is 17.3. The van der Waals surface area contributed by atoms with E-state index in [0.29, 0.717) is 6.42 Å². The lowest BCUT2D eigenvalue weighted by Crippen LogP contribution is -2.48. The van der Waals surface area contributed by atoms with Crippen LogP contribution in [0.5, 0.6) is 11.5 Å². The van der Waals surface area contributed by atoms with E-state index in [2.05, 4.69) is 68.3 Å². The summed E-state index contributed by atoms with van der Waals surface area (Å²) in [4.78, 5) is 11.1. The first-order valence-corrected chi connectivity index (χ1v) is 18.9. The largest absolute Gasteiger partial charge is 0.871 e. The molecule has 0 fully saturated rings. The molecule has 7 rings (SSSR count). The van der Waals surface area contributed by atoms with E-state index < -0.39 is 7.32 Å². The van der Waals surface area contributed by atoms with Crippen molar-refractivity contribution in [3.63, 3.8) is 0 Å². The van der Waals surface area contributed by atoms with Crippen molar-refractivity contribution in [2.24, 2.45) is 0 Å². The summed E-state index contributed by atoms with van der Waals surface area (Å²) >= 11 is 6.74. The molecule has 0 aliphatic rings. The van der Waals surface area contributed by atoms with Crippen molar-refractivity contribution in [2.75, 3.05) is 6.61 Å². The fourth-order valence-electron chi connectivity index (χ4n) is 5.74. The molecule has 0 aliphatic carbocycles. The van der Waals surface area contributed by atoms with Crippen molar-refractivity contribution in [3.8, 4) is 11.5 Å². The predicted molar refractivity (Wildman–Crippen MR) is 214 cm³/mol. The first-order chi connectivity index (χ1) is 26.4. The van der Waals surface area contributed by atoms with E-state index in [1.165, 1.54) is 16.7 Å². The number of pyridine rings is 2. The molecule has 5 aromatic carbocycles. The van der Waals surface area contributed by atoms with E-state index in [-0.39, 0.29) is 12.0 Å². The molecule has 0 radical (unpaired) electrons. The van der Waals surface area contributed by atoms with E-state index in [1.54, 1.807) is 9.46 Å². The Bertz CT molecular complexity index is 1870.